The van der Waals surface area contributed by atoms with Crippen LogP contribution in [0.1, 0.15) is 5.69 Å². The molecule has 16 heavy (non-hydrogen) atoms. The lowest BCUT2D eigenvalue weighted by molar-refractivity contribution is 0.206. The summed E-state index contributed by atoms with van der Waals surface area (Å²) in [7, 11) is 1.98. The number of ether oxygens (including phenoxy) is 1. The van der Waals surface area contributed by atoms with Crippen molar-refractivity contribution in [3.8, 4) is 0 Å². The molecule has 3 nitrogen and oxygen atoms in total. The van der Waals surface area contributed by atoms with Crippen LogP contribution in [-0.4, -0.2) is 23.7 Å². The zero-order valence-corrected chi connectivity index (χ0v) is 9.05. The molecule has 0 unspecified atom stereocenters. The fraction of sp³-hybridized carbons (Fsp3) is 0.154. The first kappa shape index (κ1) is 9.21. The van der Waals surface area contributed by atoms with Crippen molar-refractivity contribution in [2.45, 2.75) is 0 Å². The van der Waals surface area contributed by atoms with E-state index < -0.39 is 0 Å². The van der Waals surface area contributed by atoms with Crippen molar-refractivity contribution < 1.29 is 4.74 Å². The molecule has 0 radical (unpaired) electrons. The molecule has 3 rings (SSSR count). The summed E-state index contributed by atoms with van der Waals surface area (Å²) in [5, 5.41) is 2.32. The van der Waals surface area contributed by atoms with E-state index in [-0.39, 0.29) is 0 Å². The van der Waals surface area contributed by atoms with Gasteiger partial charge in [-0.25, -0.2) is 0 Å². The Balaban J connectivity index is 2.20. The van der Waals surface area contributed by atoms with Crippen LogP contribution in [0.2, 0.25) is 0 Å². The zero-order chi connectivity index (χ0) is 11.0. The second-order valence-corrected chi connectivity index (χ2v) is 3.90. The monoisotopic (exact) mass is 212 g/mol. The first-order valence-corrected chi connectivity index (χ1v) is 5.23. The molecule has 0 saturated carbocycles. The Bertz CT molecular complexity index is 557. The number of benzene rings is 1. The van der Waals surface area contributed by atoms with Crippen molar-refractivity contribution in [1.82, 2.24) is 9.88 Å². The van der Waals surface area contributed by atoms with Crippen LogP contribution >= 0.6 is 0 Å². The summed E-state index contributed by atoms with van der Waals surface area (Å²) in [6.45, 7) is 0.597. The van der Waals surface area contributed by atoms with E-state index in [0.29, 0.717) is 6.73 Å². The van der Waals surface area contributed by atoms with Gasteiger partial charge in [0, 0.05) is 24.8 Å². The van der Waals surface area contributed by atoms with Gasteiger partial charge in [0.25, 0.3) is 0 Å². The molecule has 0 N–H and O–H groups in total. The Morgan fingerprint density at radius 1 is 1.25 bits per heavy atom. The van der Waals surface area contributed by atoms with Gasteiger partial charge in [-0.3, -0.25) is 4.98 Å². The molecule has 2 heterocycles. The lowest BCUT2D eigenvalue weighted by Gasteiger charge is -2.05. The molecular weight excluding hydrogens is 200 g/mol. The van der Waals surface area contributed by atoms with Gasteiger partial charge in [0.15, 0.2) is 12.5 Å². The normalized spacial score (nSPS) is 15.1. The number of fused-ring (bicyclic) bond motifs is 1. The summed E-state index contributed by atoms with van der Waals surface area (Å²) in [6.07, 6.45) is 3.80. The highest BCUT2D eigenvalue weighted by atomic mass is 16.5. The third-order valence-electron chi connectivity index (χ3n) is 2.67. The summed E-state index contributed by atoms with van der Waals surface area (Å²) in [4.78, 5) is 6.40. The fourth-order valence-corrected chi connectivity index (χ4v) is 1.89. The van der Waals surface area contributed by atoms with Gasteiger partial charge in [0.2, 0.25) is 0 Å². The smallest absolute Gasteiger partial charge is 0.164 e. The lowest BCUT2D eigenvalue weighted by atomic mass is 10.1. The van der Waals surface area contributed by atoms with Gasteiger partial charge in [-0.1, -0.05) is 24.3 Å². The van der Waals surface area contributed by atoms with Crippen LogP contribution in [0.3, 0.4) is 0 Å². The van der Waals surface area contributed by atoms with E-state index >= 15 is 0 Å². The Morgan fingerprint density at radius 3 is 2.94 bits per heavy atom. The Morgan fingerprint density at radius 2 is 2.12 bits per heavy atom. The third-order valence-corrected chi connectivity index (χ3v) is 2.67. The highest BCUT2D eigenvalue weighted by Gasteiger charge is 2.15. The first-order chi connectivity index (χ1) is 7.84. The quantitative estimate of drug-likeness (QED) is 0.726. The van der Waals surface area contributed by atoms with Crippen LogP contribution in [-0.2, 0) is 4.74 Å². The molecule has 1 aromatic heterocycles. The second kappa shape index (κ2) is 3.52. The Hall–Kier alpha value is -2.03. The average molecular weight is 212 g/mol. The van der Waals surface area contributed by atoms with Crippen LogP contribution in [0.25, 0.3) is 16.5 Å². The number of nitrogens with zero attached hydrogens (tertiary/aromatic N) is 2. The number of rotatable bonds is 1. The Labute approximate surface area is 94.0 Å². The fourth-order valence-electron chi connectivity index (χ4n) is 1.89. The maximum atomic E-state index is 5.58. The number of hydrogen-bond acceptors (Lipinski definition) is 3. The minimum Gasteiger partial charge on any atom is -0.469 e. The molecule has 80 valence electrons. The molecule has 0 saturated heterocycles. The van der Waals surface area contributed by atoms with Gasteiger partial charge in [-0.2, -0.15) is 0 Å². The molecular formula is C13H12N2O. The minimum atomic E-state index is 0.597. The summed E-state index contributed by atoms with van der Waals surface area (Å²) < 4.78 is 5.58. The maximum Gasteiger partial charge on any atom is 0.164 e. The van der Waals surface area contributed by atoms with Gasteiger partial charge >= 0.3 is 0 Å². The van der Waals surface area contributed by atoms with Crippen molar-refractivity contribution in [2.24, 2.45) is 0 Å². The number of hydrogen-bond donors (Lipinski definition) is 0. The average Bonchev–Trinajstić information content (AvgIpc) is 2.75. The topological polar surface area (TPSA) is 25.4 Å². The lowest BCUT2D eigenvalue weighted by Crippen LogP contribution is -2.06. The molecule has 0 fully saturated rings. The molecule has 1 aliphatic heterocycles. The van der Waals surface area contributed by atoms with Gasteiger partial charge in [0.1, 0.15) is 5.69 Å². The second-order valence-electron chi connectivity index (χ2n) is 3.90. The number of pyridine rings is 1. The van der Waals surface area contributed by atoms with E-state index in [0.717, 1.165) is 16.8 Å². The van der Waals surface area contributed by atoms with Gasteiger partial charge in [0.05, 0.1) is 0 Å². The first-order valence-electron chi connectivity index (χ1n) is 5.23. The predicted molar refractivity (Wildman–Crippen MR) is 63.4 cm³/mol. The minimum absolute atomic E-state index is 0.597. The number of aromatic nitrogens is 1. The van der Waals surface area contributed by atoms with E-state index in [1.807, 2.05) is 42.5 Å². The van der Waals surface area contributed by atoms with Crippen LogP contribution in [0.4, 0.5) is 0 Å². The molecule has 3 heteroatoms. The van der Waals surface area contributed by atoms with E-state index in [1.54, 1.807) is 0 Å². The standard InChI is InChI=1S/C13H12N2O/c1-15-8-12(16-9-15)13-11-5-3-2-4-10(11)6-7-14-13/h2-8H,9H2,1H3. The summed E-state index contributed by atoms with van der Waals surface area (Å²) in [5.41, 5.74) is 0.919. The molecule has 0 bridgehead atoms. The van der Waals surface area contributed by atoms with E-state index in [2.05, 4.69) is 17.1 Å². The molecule has 0 atom stereocenters. The summed E-state index contributed by atoms with van der Waals surface area (Å²) in [5.74, 6) is 0.847. The van der Waals surface area contributed by atoms with Crippen molar-refractivity contribution in [2.75, 3.05) is 13.8 Å². The van der Waals surface area contributed by atoms with Crippen molar-refractivity contribution in [3.05, 3.63) is 48.4 Å². The molecule has 0 aliphatic carbocycles. The zero-order valence-electron chi connectivity index (χ0n) is 9.05. The molecule has 0 spiro atoms. The van der Waals surface area contributed by atoms with Crippen molar-refractivity contribution in [1.29, 1.82) is 0 Å². The molecule has 1 aliphatic rings. The highest BCUT2D eigenvalue weighted by molar-refractivity contribution is 5.90. The van der Waals surface area contributed by atoms with Gasteiger partial charge in [-0.05, 0) is 11.5 Å². The molecule has 1 aromatic carbocycles. The maximum absolute atomic E-state index is 5.58. The van der Waals surface area contributed by atoms with E-state index in [4.69, 9.17) is 4.74 Å². The molecule has 2 aromatic rings. The highest BCUT2D eigenvalue weighted by Crippen LogP contribution is 2.26. The summed E-state index contributed by atoms with van der Waals surface area (Å²) in [6, 6.07) is 10.2. The van der Waals surface area contributed by atoms with Crippen LogP contribution in [0.15, 0.2) is 42.7 Å². The molecule has 0 amide bonds. The Kier molecular flexibility index (Phi) is 2.03. The SMILES string of the molecule is CN1C=C(c2nccc3ccccc23)OC1. The van der Waals surface area contributed by atoms with Gasteiger partial charge in [-0.15, -0.1) is 0 Å². The predicted octanol–water partition coefficient (Wildman–Crippen LogP) is 2.45. The van der Waals surface area contributed by atoms with Crippen molar-refractivity contribution in [3.63, 3.8) is 0 Å². The van der Waals surface area contributed by atoms with Gasteiger partial charge < -0.3 is 9.64 Å². The van der Waals surface area contributed by atoms with Crippen LogP contribution < -0.4 is 0 Å². The summed E-state index contributed by atoms with van der Waals surface area (Å²) >= 11 is 0. The van der Waals surface area contributed by atoms with Crippen LogP contribution in [0, 0.1) is 0 Å². The largest absolute Gasteiger partial charge is 0.469 e. The van der Waals surface area contributed by atoms with E-state index in [9.17, 15) is 0 Å². The van der Waals surface area contributed by atoms with Crippen LogP contribution in [0.5, 0.6) is 0 Å². The van der Waals surface area contributed by atoms with E-state index in [1.165, 1.54) is 5.39 Å². The third kappa shape index (κ3) is 1.41. The van der Waals surface area contributed by atoms with Crippen molar-refractivity contribution >= 4 is 16.5 Å².